The summed E-state index contributed by atoms with van der Waals surface area (Å²) in [5, 5.41) is 13.7. The molecule has 0 aliphatic carbocycles. The van der Waals surface area contributed by atoms with Gasteiger partial charge in [0.05, 0.1) is 11.5 Å². The molecule has 0 bridgehead atoms. The van der Waals surface area contributed by atoms with Gasteiger partial charge in [-0.15, -0.1) is 0 Å². The summed E-state index contributed by atoms with van der Waals surface area (Å²) in [5.74, 6) is 1.24. The zero-order chi connectivity index (χ0) is 11.4. The third-order valence-electron chi connectivity index (χ3n) is 2.70. The first kappa shape index (κ1) is 10.9. The molecule has 0 saturated carbocycles. The van der Waals surface area contributed by atoms with Gasteiger partial charge in [0.15, 0.2) is 0 Å². The first-order chi connectivity index (χ1) is 7.75. The second kappa shape index (κ2) is 4.94. The van der Waals surface area contributed by atoms with Gasteiger partial charge in [0.1, 0.15) is 5.75 Å². The zero-order valence-electron chi connectivity index (χ0n) is 8.89. The summed E-state index contributed by atoms with van der Waals surface area (Å²) in [4.78, 5) is 10.0. The van der Waals surface area contributed by atoms with Crippen molar-refractivity contribution in [2.24, 2.45) is 5.92 Å². The first-order valence-electron chi connectivity index (χ1n) is 5.33. The second-order valence-electron chi connectivity index (χ2n) is 3.92. The molecule has 1 aromatic rings. The minimum Gasteiger partial charge on any atom is -0.493 e. The van der Waals surface area contributed by atoms with Gasteiger partial charge in [-0.05, 0) is 25.1 Å². The molecule has 1 aromatic carbocycles. The van der Waals surface area contributed by atoms with E-state index in [0.717, 1.165) is 19.5 Å². The normalized spacial score (nSPS) is 19.6. The Hall–Kier alpha value is -1.62. The van der Waals surface area contributed by atoms with E-state index < -0.39 is 4.92 Å². The van der Waals surface area contributed by atoms with Crippen LogP contribution in [0.15, 0.2) is 24.3 Å². The monoisotopic (exact) mass is 222 g/mol. The van der Waals surface area contributed by atoms with E-state index >= 15 is 0 Å². The SMILES string of the molecule is O=[N+]([O-])c1ccc(OC[C@@H]2CCNC2)cc1. The summed E-state index contributed by atoms with van der Waals surface area (Å²) in [7, 11) is 0. The highest BCUT2D eigenvalue weighted by Crippen LogP contribution is 2.18. The van der Waals surface area contributed by atoms with Crippen LogP contribution in [-0.2, 0) is 0 Å². The molecule has 1 atom stereocenters. The number of nitro benzene ring substituents is 1. The molecule has 0 aromatic heterocycles. The molecule has 2 rings (SSSR count). The molecular weight excluding hydrogens is 208 g/mol. The minimum absolute atomic E-state index is 0.0925. The van der Waals surface area contributed by atoms with Gasteiger partial charge in [0.2, 0.25) is 0 Å². The third kappa shape index (κ3) is 2.70. The molecule has 1 N–H and O–H groups in total. The minimum atomic E-state index is -0.412. The van der Waals surface area contributed by atoms with Crippen molar-refractivity contribution in [3.63, 3.8) is 0 Å². The van der Waals surface area contributed by atoms with Gasteiger partial charge in [-0.1, -0.05) is 0 Å². The van der Waals surface area contributed by atoms with Gasteiger partial charge in [-0.3, -0.25) is 10.1 Å². The predicted octanol–water partition coefficient (Wildman–Crippen LogP) is 1.58. The van der Waals surface area contributed by atoms with Crippen molar-refractivity contribution in [2.45, 2.75) is 6.42 Å². The Morgan fingerprint density at radius 1 is 1.44 bits per heavy atom. The van der Waals surface area contributed by atoms with Gasteiger partial charge in [-0.2, -0.15) is 0 Å². The van der Waals surface area contributed by atoms with Crippen molar-refractivity contribution in [3.05, 3.63) is 34.4 Å². The molecule has 5 heteroatoms. The lowest BCUT2D eigenvalue weighted by Gasteiger charge is -2.10. The molecule has 0 amide bonds. The van der Waals surface area contributed by atoms with Crippen molar-refractivity contribution in [3.8, 4) is 5.75 Å². The number of nitrogens with one attached hydrogen (secondary N) is 1. The van der Waals surface area contributed by atoms with Crippen LogP contribution in [0.1, 0.15) is 6.42 Å². The smallest absolute Gasteiger partial charge is 0.269 e. The van der Waals surface area contributed by atoms with E-state index in [9.17, 15) is 10.1 Å². The van der Waals surface area contributed by atoms with Crippen molar-refractivity contribution < 1.29 is 9.66 Å². The number of hydrogen-bond acceptors (Lipinski definition) is 4. The number of nitrogens with zero attached hydrogens (tertiary/aromatic N) is 1. The number of benzene rings is 1. The Morgan fingerprint density at radius 3 is 2.75 bits per heavy atom. The van der Waals surface area contributed by atoms with E-state index in [-0.39, 0.29) is 5.69 Å². The number of nitro groups is 1. The summed E-state index contributed by atoms with van der Waals surface area (Å²) >= 11 is 0. The number of rotatable bonds is 4. The van der Waals surface area contributed by atoms with Gasteiger partial charge >= 0.3 is 0 Å². The number of ether oxygens (including phenoxy) is 1. The topological polar surface area (TPSA) is 64.4 Å². The highest BCUT2D eigenvalue weighted by atomic mass is 16.6. The lowest BCUT2D eigenvalue weighted by molar-refractivity contribution is -0.384. The number of non-ortho nitro benzene ring substituents is 1. The molecule has 1 aliphatic rings. The lowest BCUT2D eigenvalue weighted by atomic mass is 10.1. The summed E-state index contributed by atoms with van der Waals surface area (Å²) in [6.45, 7) is 2.71. The van der Waals surface area contributed by atoms with Crippen LogP contribution < -0.4 is 10.1 Å². The van der Waals surface area contributed by atoms with E-state index in [0.29, 0.717) is 18.3 Å². The van der Waals surface area contributed by atoms with E-state index in [2.05, 4.69) is 5.32 Å². The summed E-state index contributed by atoms with van der Waals surface area (Å²) in [6, 6.07) is 6.20. The van der Waals surface area contributed by atoms with Gasteiger partial charge < -0.3 is 10.1 Å². The average Bonchev–Trinajstić information content (AvgIpc) is 2.80. The Kier molecular flexibility index (Phi) is 3.36. The van der Waals surface area contributed by atoms with Crippen molar-refractivity contribution in [1.29, 1.82) is 0 Å². The van der Waals surface area contributed by atoms with E-state index in [4.69, 9.17) is 4.74 Å². The second-order valence-corrected chi connectivity index (χ2v) is 3.92. The van der Waals surface area contributed by atoms with Crippen LogP contribution in [0.25, 0.3) is 0 Å². The van der Waals surface area contributed by atoms with Crippen LogP contribution in [-0.4, -0.2) is 24.6 Å². The van der Waals surface area contributed by atoms with Gasteiger partial charge in [-0.25, -0.2) is 0 Å². The standard InChI is InChI=1S/C11H14N2O3/c14-13(15)10-1-3-11(4-2-10)16-8-9-5-6-12-7-9/h1-4,9,12H,5-8H2/t9-/m1/s1. The van der Waals surface area contributed by atoms with E-state index in [1.807, 2.05) is 0 Å². The van der Waals surface area contributed by atoms with E-state index in [1.165, 1.54) is 12.1 Å². The Labute approximate surface area is 93.6 Å². The third-order valence-corrected chi connectivity index (χ3v) is 2.70. The molecule has 1 heterocycles. The molecule has 1 saturated heterocycles. The summed E-state index contributed by atoms with van der Waals surface area (Å²) in [5.41, 5.74) is 0.0925. The van der Waals surface area contributed by atoms with Crippen LogP contribution >= 0.6 is 0 Å². The van der Waals surface area contributed by atoms with Crippen LogP contribution in [0.4, 0.5) is 5.69 Å². The van der Waals surface area contributed by atoms with Crippen molar-refractivity contribution in [2.75, 3.05) is 19.7 Å². The fraction of sp³-hybridized carbons (Fsp3) is 0.455. The molecule has 1 aliphatic heterocycles. The molecule has 16 heavy (non-hydrogen) atoms. The fourth-order valence-electron chi connectivity index (χ4n) is 1.73. The lowest BCUT2D eigenvalue weighted by Crippen LogP contribution is -2.15. The molecule has 0 spiro atoms. The molecule has 5 nitrogen and oxygen atoms in total. The maximum Gasteiger partial charge on any atom is 0.269 e. The predicted molar refractivity (Wildman–Crippen MR) is 59.6 cm³/mol. The largest absolute Gasteiger partial charge is 0.493 e. The maximum absolute atomic E-state index is 10.4. The zero-order valence-corrected chi connectivity index (χ0v) is 8.89. The molecule has 0 radical (unpaired) electrons. The fourth-order valence-corrected chi connectivity index (χ4v) is 1.73. The molecule has 1 fully saturated rings. The van der Waals surface area contributed by atoms with Crippen molar-refractivity contribution in [1.82, 2.24) is 5.32 Å². The highest BCUT2D eigenvalue weighted by molar-refractivity contribution is 5.35. The first-order valence-corrected chi connectivity index (χ1v) is 5.33. The molecule has 0 unspecified atom stereocenters. The Bertz CT molecular complexity index is 358. The van der Waals surface area contributed by atoms with Crippen molar-refractivity contribution >= 4 is 5.69 Å². The van der Waals surface area contributed by atoms with Gasteiger partial charge in [0, 0.05) is 24.6 Å². The highest BCUT2D eigenvalue weighted by Gasteiger charge is 2.15. The average molecular weight is 222 g/mol. The Morgan fingerprint density at radius 2 is 2.19 bits per heavy atom. The summed E-state index contributed by atoms with van der Waals surface area (Å²) < 4.78 is 5.56. The van der Waals surface area contributed by atoms with Crippen LogP contribution in [0, 0.1) is 16.0 Å². The quantitative estimate of drug-likeness (QED) is 0.620. The van der Waals surface area contributed by atoms with Crippen LogP contribution in [0.3, 0.4) is 0 Å². The van der Waals surface area contributed by atoms with Crippen LogP contribution in [0.2, 0.25) is 0 Å². The van der Waals surface area contributed by atoms with E-state index in [1.54, 1.807) is 12.1 Å². The van der Waals surface area contributed by atoms with Crippen LogP contribution in [0.5, 0.6) is 5.75 Å². The molecular formula is C11H14N2O3. The molecule has 86 valence electrons. The maximum atomic E-state index is 10.4. The number of hydrogen-bond donors (Lipinski definition) is 1. The Balaban J connectivity index is 1.87. The van der Waals surface area contributed by atoms with Gasteiger partial charge in [0.25, 0.3) is 5.69 Å². The summed E-state index contributed by atoms with van der Waals surface area (Å²) in [6.07, 6.45) is 1.13.